The van der Waals surface area contributed by atoms with Gasteiger partial charge in [0.1, 0.15) is 12.4 Å². The molecule has 1 aromatic carbocycles. The number of nitrogens with two attached hydrogens (primary N) is 1. The molecule has 19 heavy (non-hydrogen) atoms. The molecule has 0 heterocycles. The lowest BCUT2D eigenvalue weighted by Gasteiger charge is -2.10. The second kappa shape index (κ2) is 7.29. The van der Waals surface area contributed by atoms with E-state index in [0.717, 1.165) is 0 Å². The van der Waals surface area contributed by atoms with Gasteiger partial charge in [0.05, 0.1) is 30.4 Å². The van der Waals surface area contributed by atoms with Crippen molar-refractivity contribution in [2.24, 2.45) is 5.73 Å². The number of methoxy groups -OCH3 is 1. The van der Waals surface area contributed by atoms with Crippen molar-refractivity contribution in [2.75, 3.05) is 32.2 Å². The van der Waals surface area contributed by atoms with Gasteiger partial charge in [0.2, 0.25) is 5.91 Å². The highest BCUT2D eigenvalue weighted by Crippen LogP contribution is 2.28. The molecule has 0 aromatic heterocycles. The van der Waals surface area contributed by atoms with Crippen molar-refractivity contribution in [3.63, 3.8) is 0 Å². The van der Waals surface area contributed by atoms with Gasteiger partial charge in [-0.2, -0.15) is 0 Å². The first-order valence-corrected chi connectivity index (χ1v) is 5.48. The minimum absolute atomic E-state index is 0.116. The number of benzene rings is 1. The summed E-state index contributed by atoms with van der Waals surface area (Å²) in [6, 6.07) is 3.91. The lowest BCUT2D eigenvalue weighted by molar-refractivity contribution is -0.384. The van der Waals surface area contributed by atoms with E-state index < -0.39 is 4.92 Å². The predicted molar refractivity (Wildman–Crippen MR) is 68.2 cm³/mol. The molecule has 0 aliphatic carbocycles. The van der Waals surface area contributed by atoms with Crippen LogP contribution in [0.4, 0.5) is 11.4 Å². The zero-order valence-corrected chi connectivity index (χ0v) is 10.4. The molecule has 8 heteroatoms. The molecule has 1 amide bonds. The number of ether oxygens (including phenoxy) is 2. The van der Waals surface area contributed by atoms with E-state index in [9.17, 15) is 14.9 Å². The maximum atomic E-state index is 11.5. The van der Waals surface area contributed by atoms with Crippen LogP contribution in [0.2, 0.25) is 0 Å². The lowest BCUT2D eigenvalue weighted by Crippen LogP contribution is -2.21. The van der Waals surface area contributed by atoms with E-state index in [1.54, 1.807) is 0 Å². The molecule has 0 fully saturated rings. The zero-order chi connectivity index (χ0) is 14.3. The summed E-state index contributed by atoms with van der Waals surface area (Å²) < 4.78 is 9.95. The summed E-state index contributed by atoms with van der Waals surface area (Å²) in [4.78, 5) is 21.6. The van der Waals surface area contributed by atoms with Crippen LogP contribution in [0.1, 0.15) is 0 Å². The van der Waals surface area contributed by atoms with Crippen molar-refractivity contribution in [3.8, 4) is 5.75 Å². The van der Waals surface area contributed by atoms with Crippen molar-refractivity contribution in [1.29, 1.82) is 0 Å². The highest BCUT2D eigenvalue weighted by molar-refractivity contribution is 5.93. The smallest absolute Gasteiger partial charge is 0.273 e. The average molecular weight is 269 g/mol. The van der Waals surface area contributed by atoms with Crippen LogP contribution in [-0.2, 0) is 9.53 Å². The summed E-state index contributed by atoms with van der Waals surface area (Å²) in [7, 11) is 1.36. The lowest BCUT2D eigenvalue weighted by atomic mass is 10.2. The number of carbonyl (C=O) groups excluding carboxylic acids is 1. The van der Waals surface area contributed by atoms with Crippen LogP contribution in [0, 0.1) is 10.1 Å². The van der Waals surface area contributed by atoms with Crippen molar-refractivity contribution in [2.45, 2.75) is 0 Å². The van der Waals surface area contributed by atoms with E-state index in [2.05, 4.69) is 5.32 Å². The number of nitro benzene ring substituents is 1. The third-order valence-electron chi connectivity index (χ3n) is 2.17. The maximum Gasteiger partial charge on any atom is 0.273 e. The molecule has 0 unspecified atom stereocenters. The Bertz CT molecular complexity index is 464. The third kappa shape index (κ3) is 4.53. The first-order valence-electron chi connectivity index (χ1n) is 5.48. The average Bonchev–Trinajstić information content (AvgIpc) is 2.39. The highest BCUT2D eigenvalue weighted by atomic mass is 16.6. The summed E-state index contributed by atoms with van der Waals surface area (Å²) in [5.41, 5.74) is 5.44. The van der Waals surface area contributed by atoms with Gasteiger partial charge in [-0.25, -0.2) is 0 Å². The van der Waals surface area contributed by atoms with Crippen molar-refractivity contribution < 1.29 is 19.2 Å². The van der Waals surface area contributed by atoms with E-state index in [-0.39, 0.29) is 30.6 Å². The standard InChI is InChI=1S/C11H15N3O5/c1-18-10-6-8(14(16)17)2-3-9(10)13-11(15)7-19-5-4-12/h2-3,6H,4-5,7,12H2,1H3,(H,13,15). The van der Waals surface area contributed by atoms with Crippen LogP contribution < -0.4 is 15.8 Å². The Labute approximate surface area is 109 Å². The SMILES string of the molecule is COc1cc([N+](=O)[O-])ccc1NC(=O)COCCN. The van der Waals surface area contributed by atoms with E-state index in [0.29, 0.717) is 12.2 Å². The molecule has 0 radical (unpaired) electrons. The van der Waals surface area contributed by atoms with Gasteiger partial charge in [-0.3, -0.25) is 14.9 Å². The van der Waals surface area contributed by atoms with Gasteiger partial charge in [0, 0.05) is 12.6 Å². The van der Waals surface area contributed by atoms with E-state index >= 15 is 0 Å². The second-order valence-corrected chi connectivity index (χ2v) is 3.53. The molecule has 0 aliphatic heterocycles. The number of non-ortho nitro benzene ring substituents is 1. The molecule has 3 N–H and O–H groups in total. The summed E-state index contributed by atoms with van der Waals surface area (Å²) in [5, 5.41) is 13.1. The molecule has 104 valence electrons. The number of nitro groups is 1. The Hall–Kier alpha value is -2.19. The Balaban J connectivity index is 2.72. The fraction of sp³-hybridized carbons (Fsp3) is 0.364. The van der Waals surface area contributed by atoms with Crippen LogP contribution in [0.15, 0.2) is 18.2 Å². The molecule has 0 saturated heterocycles. The van der Waals surface area contributed by atoms with E-state index in [1.165, 1.54) is 25.3 Å². The summed E-state index contributed by atoms with van der Waals surface area (Å²) in [6.45, 7) is 0.469. The molecular weight excluding hydrogens is 254 g/mol. The molecule has 1 rings (SSSR count). The molecule has 0 saturated carbocycles. The number of amides is 1. The van der Waals surface area contributed by atoms with Gasteiger partial charge in [0.15, 0.2) is 0 Å². The van der Waals surface area contributed by atoms with Crippen LogP contribution in [-0.4, -0.2) is 37.7 Å². The molecule has 0 aliphatic rings. The maximum absolute atomic E-state index is 11.5. The predicted octanol–water partition coefficient (Wildman–Crippen LogP) is 0.517. The summed E-state index contributed by atoms with van der Waals surface area (Å²) in [5.74, 6) is -0.179. The Kier molecular flexibility index (Phi) is 5.71. The molecule has 0 bridgehead atoms. The monoisotopic (exact) mass is 269 g/mol. The molecule has 0 atom stereocenters. The van der Waals surface area contributed by atoms with Gasteiger partial charge in [-0.1, -0.05) is 0 Å². The molecule has 0 spiro atoms. The minimum atomic E-state index is -0.543. The Morgan fingerprint density at radius 2 is 2.26 bits per heavy atom. The topological polar surface area (TPSA) is 117 Å². The summed E-state index contributed by atoms with van der Waals surface area (Å²) >= 11 is 0. The fourth-order valence-corrected chi connectivity index (χ4v) is 1.33. The number of hydrogen-bond acceptors (Lipinski definition) is 6. The van der Waals surface area contributed by atoms with Crippen molar-refractivity contribution in [1.82, 2.24) is 0 Å². The highest BCUT2D eigenvalue weighted by Gasteiger charge is 2.13. The summed E-state index contributed by atoms with van der Waals surface area (Å²) in [6.07, 6.45) is 0. The van der Waals surface area contributed by atoms with Crippen molar-refractivity contribution in [3.05, 3.63) is 28.3 Å². The van der Waals surface area contributed by atoms with E-state index in [4.69, 9.17) is 15.2 Å². The first-order chi connectivity index (χ1) is 9.08. The van der Waals surface area contributed by atoms with Crippen LogP contribution >= 0.6 is 0 Å². The number of nitrogens with zero attached hydrogens (tertiary/aromatic N) is 1. The van der Waals surface area contributed by atoms with E-state index in [1.807, 2.05) is 0 Å². The van der Waals surface area contributed by atoms with Gasteiger partial charge >= 0.3 is 0 Å². The number of anilines is 1. The molecule has 8 nitrogen and oxygen atoms in total. The second-order valence-electron chi connectivity index (χ2n) is 3.53. The van der Waals surface area contributed by atoms with Crippen LogP contribution in [0.3, 0.4) is 0 Å². The number of carbonyl (C=O) groups is 1. The molecule has 1 aromatic rings. The van der Waals surface area contributed by atoms with Crippen LogP contribution in [0.25, 0.3) is 0 Å². The number of rotatable bonds is 7. The van der Waals surface area contributed by atoms with Gasteiger partial charge in [-0.05, 0) is 6.07 Å². The Morgan fingerprint density at radius 1 is 1.53 bits per heavy atom. The van der Waals surface area contributed by atoms with Gasteiger partial charge in [-0.15, -0.1) is 0 Å². The molecular formula is C11H15N3O5. The van der Waals surface area contributed by atoms with Crippen LogP contribution in [0.5, 0.6) is 5.75 Å². The number of nitrogens with one attached hydrogen (secondary N) is 1. The largest absolute Gasteiger partial charge is 0.494 e. The number of hydrogen-bond donors (Lipinski definition) is 2. The minimum Gasteiger partial charge on any atom is -0.494 e. The fourth-order valence-electron chi connectivity index (χ4n) is 1.33. The normalized spacial score (nSPS) is 10.0. The Morgan fingerprint density at radius 3 is 2.84 bits per heavy atom. The first kappa shape index (κ1) is 14.9. The van der Waals surface area contributed by atoms with Gasteiger partial charge in [0.25, 0.3) is 5.69 Å². The third-order valence-corrected chi connectivity index (χ3v) is 2.17. The zero-order valence-electron chi connectivity index (χ0n) is 10.4. The quantitative estimate of drug-likeness (QED) is 0.423. The van der Waals surface area contributed by atoms with Gasteiger partial charge < -0.3 is 20.5 Å². The van der Waals surface area contributed by atoms with Crippen molar-refractivity contribution >= 4 is 17.3 Å².